The lowest BCUT2D eigenvalue weighted by Crippen LogP contribution is -2.50. The minimum Gasteiger partial charge on any atom is -0.258 e. The second kappa shape index (κ2) is 8.30. The van der Waals surface area contributed by atoms with Gasteiger partial charge in [0.2, 0.25) is 20.0 Å². The first kappa shape index (κ1) is 23.3. The quantitative estimate of drug-likeness (QED) is 0.493. The first-order valence-corrected chi connectivity index (χ1v) is 12.6. The van der Waals surface area contributed by atoms with E-state index in [1.54, 1.807) is 32.0 Å². The molecule has 168 valence electrons. The maximum atomic E-state index is 13.2. The average Bonchev–Trinajstić information content (AvgIpc) is 2.71. The Morgan fingerprint density at radius 3 is 1.84 bits per heavy atom. The van der Waals surface area contributed by atoms with Crippen molar-refractivity contribution in [3.05, 3.63) is 62.7 Å². The Morgan fingerprint density at radius 1 is 0.774 bits per heavy atom. The molecule has 0 aliphatic carbocycles. The van der Waals surface area contributed by atoms with Crippen LogP contribution >= 0.6 is 0 Å². The van der Waals surface area contributed by atoms with Gasteiger partial charge in [0.05, 0.1) is 14.7 Å². The second-order valence-corrected chi connectivity index (χ2v) is 11.5. The maximum Gasteiger partial charge on any atom is 0.271 e. The topological polar surface area (TPSA) is 118 Å². The largest absolute Gasteiger partial charge is 0.271 e. The molecule has 9 nitrogen and oxygen atoms in total. The Morgan fingerprint density at radius 2 is 1.32 bits per heavy atom. The molecule has 0 aromatic heterocycles. The first-order chi connectivity index (χ1) is 14.4. The van der Waals surface area contributed by atoms with Gasteiger partial charge in [-0.2, -0.15) is 8.61 Å². The van der Waals surface area contributed by atoms with E-state index in [1.807, 2.05) is 13.8 Å². The van der Waals surface area contributed by atoms with Crippen molar-refractivity contribution >= 4 is 25.7 Å². The highest BCUT2D eigenvalue weighted by atomic mass is 32.2. The molecule has 0 N–H and O–H groups in total. The van der Waals surface area contributed by atoms with E-state index in [0.717, 1.165) is 17.2 Å². The van der Waals surface area contributed by atoms with E-state index in [-0.39, 0.29) is 41.7 Å². The van der Waals surface area contributed by atoms with Crippen LogP contribution in [0.4, 0.5) is 5.69 Å². The first-order valence-electron chi connectivity index (χ1n) is 9.69. The van der Waals surface area contributed by atoms with Crippen LogP contribution < -0.4 is 0 Å². The zero-order valence-electron chi connectivity index (χ0n) is 17.8. The number of nitro groups is 1. The van der Waals surface area contributed by atoms with Gasteiger partial charge in [-0.25, -0.2) is 16.8 Å². The summed E-state index contributed by atoms with van der Waals surface area (Å²) in [4.78, 5) is 10.6. The van der Waals surface area contributed by atoms with Crippen LogP contribution in [-0.4, -0.2) is 56.5 Å². The van der Waals surface area contributed by atoms with E-state index in [0.29, 0.717) is 11.1 Å². The van der Waals surface area contributed by atoms with Crippen LogP contribution in [0.15, 0.2) is 40.1 Å². The Hall–Kier alpha value is -2.34. The van der Waals surface area contributed by atoms with Crippen molar-refractivity contribution in [3.63, 3.8) is 0 Å². The fourth-order valence-electron chi connectivity index (χ4n) is 3.49. The molecule has 2 aromatic carbocycles. The summed E-state index contributed by atoms with van der Waals surface area (Å²) in [6, 6.07) is 7.31. The van der Waals surface area contributed by atoms with Gasteiger partial charge in [-0.15, -0.1) is 0 Å². The average molecular weight is 468 g/mol. The maximum absolute atomic E-state index is 13.2. The molecule has 0 bridgehead atoms. The Balaban J connectivity index is 1.85. The van der Waals surface area contributed by atoms with Gasteiger partial charge >= 0.3 is 0 Å². The van der Waals surface area contributed by atoms with E-state index in [4.69, 9.17) is 0 Å². The number of benzene rings is 2. The lowest BCUT2D eigenvalue weighted by molar-refractivity contribution is -0.385. The van der Waals surface area contributed by atoms with Crippen LogP contribution in [0.3, 0.4) is 0 Å². The van der Waals surface area contributed by atoms with Gasteiger partial charge in [0.1, 0.15) is 0 Å². The fourth-order valence-corrected chi connectivity index (χ4v) is 6.74. The van der Waals surface area contributed by atoms with E-state index in [1.165, 1.54) is 14.7 Å². The third-order valence-electron chi connectivity index (χ3n) is 5.75. The van der Waals surface area contributed by atoms with Crippen molar-refractivity contribution in [2.45, 2.75) is 37.5 Å². The molecule has 1 fully saturated rings. The van der Waals surface area contributed by atoms with Gasteiger partial charge in [-0.1, -0.05) is 6.07 Å². The fraction of sp³-hybridized carbons (Fsp3) is 0.400. The molecule has 0 atom stereocenters. The zero-order valence-corrected chi connectivity index (χ0v) is 19.5. The number of piperazine rings is 1. The summed E-state index contributed by atoms with van der Waals surface area (Å²) >= 11 is 0. The number of hydrogen-bond acceptors (Lipinski definition) is 6. The highest BCUT2D eigenvalue weighted by molar-refractivity contribution is 7.89. The lowest BCUT2D eigenvalue weighted by Gasteiger charge is -2.33. The summed E-state index contributed by atoms with van der Waals surface area (Å²) in [5.74, 6) is 0. The zero-order chi connectivity index (χ0) is 23.1. The van der Waals surface area contributed by atoms with Crippen LogP contribution in [0.2, 0.25) is 0 Å². The van der Waals surface area contributed by atoms with E-state index >= 15 is 0 Å². The number of aryl methyl sites for hydroxylation is 3. The van der Waals surface area contributed by atoms with Crippen LogP contribution in [0.25, 0.3) is 0 Å². The van der Waals surface area contributed by atoms with Crippen molar-refractivity contribution in [1.29, 1.82) is 0 Å². The molecule has 11 heteroatoms. The number of rotatable bonds is 5. The monoisotopic (exact) mass is 467 g/mol. The summed E-state index contributed by atoms with van der Waals surface area (Å²) in [6.07, 6.45) is 0. The SMILES string of the molecule is Cc1ccc(S(=O)(=O)N2CCN(S(=O)(=O)c3cc([N+](=O)[O-])cc(C)c3C)CC2)cc1C. The van der Waals surface area contributed by atoms with E-state index < -0.39 is 25.0 Å². The van der Waals surface area contributed by atoms with Gasteiger partial charge in [-0.3, -0.25) is 10.1 Å². The molecule has 0 unspecified atom stereocenters. The van der Waals surface area contributed by atoms with Crippen molar-refractivity contribution in [2.75, 3.05) is 26.2 Å². The van der Waals surface area contributed by atoms with Crippen molar-refractivity contribution < 1.29 is 21.8 Å². The molecule has 31 heavy (non-hydrogen) atoms. The van der Waals surface area contributed by atoms with Gasteiger partial charge in [0.25, 0.3) is 5.69 Å². The van der Waals surface area contributed by atoms with Gasteiger partial charge in [0.15, 0.2) is 0 Å². The normalized spacial score (nSPS) is 16.4. The summed E-state index contributed by atoms with van der Waals surface area (Å²) in [6.45, 7) is 6.89. The van der Waals surface area contributed by atoms with Gasteiger partial charge in [0, 0.05) is 38.3 Å². The molecule has 1 aliphatic rings. The molecule has 0 radical (unpaired) electrons. The standard InChI is InChI=1S/C20H25N3O6S2/c1-14-5-6-19(12-15(14)2)30(26,27)21-7-9-22(10-8-21)31(28,29)20-13-18(23(24)25)11-16(3)17(20)4/h5-6,11-13H,7-10H2,1-4H3. The van der Waals surface area contributed by atoms with Crippen LogP contribution in [-0.2, 0) is 20.0 Å². The number of nitro benzene ring substituents is 1. The Kier molecular flexibility index (Phi) is 6.25. The smallest absolute Gasteiger partial charge is 0.258 e. The molecule has 1 aliphatic heterocycles. The summed E-state index contributed by atoms with van der Waals surface area (Å²) in [7, 11) is -7.75. The summed E-state index contributed by atoms with van der Waals surface area (Å²) < 4.78 is 54.8. The predicted octanol–water partition coefficient (Wildman–Crippen LogP) is 2.52. The van der Waals surface area contributed by atoms with Crippen molar-refractivity contribution in [2.24, 2.45) is 0 Å². The third-order valence-corrected chi connectivity index (χ3v) is 9.67. The number of non-ortho nitro benzene ring substituents is 1. The minimum atomic E-state index is -4.01. The molecule has 1 heterocycles. The molecular weight excluding hydrogens is 442 g/mol. The molecule has 0 spiro atoms. The Labute approximate surface area is 182 Å². The van der Waals surface area contributed by atoms with E-state index in [9.17, 15) is 26.9 Å². The van der Waals surface area contributed by atoms with Crippen LogP contribution in [0.5, 0.6) is 0 Å². The highest BCUT2D eigenvalue weighted by Gasteiger charge is 2.35. The molecule has 0 amide bonds. The summed E-state index contributed by atoms with van der Waals surface area (Å²) in [5, 5.41) is 11.2. The minimum absolute atomic E-state index is 0.00143. The van der Waals surface area contributed by atoms with Crippen LogP contribution in [0.1, 0.15) is 22.3 Å². The highest BCUT2D eigenvalue weighted by Crippen LogP contribution is 2.29. The number of sulfonamides is 2. The molecule has 3 rings (SSSR count). The van der Waals surface area contributed by atoms with E-state index in [2.05, 4.69) is 0 Å². The van der Waals surface area contributed by atoms with Crippen molar-refractivity contribution in [3.8, 4) is 0 Å². The third kappa shape index (κ3) is 4.36. The molecule has 2 aromatic rings. The van der Waals surface area contributed by atoms with Crippen molar-refractivity contribution in [1.82, 2.24) is 8.61 Å². The van der Waals surface area contributed by atoms with Gasteiger partial charge < -0.3 is 0 Å². The lowest BCUT2D eigenvalue weighted by atomic mass is 10.1. The summed E-state index contributed by atoms with van der Waals surface area (Å²) in [5.41, 5.74) is 2.49. The number of hydrogen-bond donors (Lipinski definition) is 0. The molecule has 1 saturated heterocycles. The Bertz CT molecular complexity index is 1250. The van der Waals surface area contributed by atoms with Crippen LogP contribution in [0, 0.1) is 37.8 Å². The van der Waals surface area contributed by atoms with Gasteiger partial charge in [-0.05, 0) is 62.1 Å². The predicted molar refractivity (Wildman–Crippen MR) is 116 cm³/mol. The second-order valence-electron chi connectivity index (χ2n) is 7.70. The molecular formula is C20H25N3O6S2. The molecule has 0 saturated carbocycles. The number of nitrogens with zero attached hydrogens (tertiary/aromatic N) is 3.